The number of hydrogen-bond donors (Lipinski definition) is 8. The van der Waals surface area contributed by atoms with Gasteiger partial charge in [-0.05, 0) is 87.4 Å². The first-order valence-corrected chi connectivity index (χ1v) is 46.6. The molecule has 708 valence electrons. The van der Waals surface area contributed by atoms with Gasteiger partial charge in [-0.25, -0.2) is 83.8 Å². The number of ether oxygens (including phenoxy) is 4. The highest BCUT2D eigenvalue weighted by molar-refractivity contribution is 9.10. The molecule has 0 unspecified atom stereocenters. The zero-order valence-electron chi connectivity index (χ0n) is 70.8. The summed E-state index contributed by atoms with van der Waals surface area (Å²) in [5, 5.41) is 57.9. The van der Waals surface area contributed by atoms with Crippen molar-refractivity contribution in [3.8, 4) is 0 Å². The summed E-state index contributed by atoms with van der Waals surface area (Å²) in [5.41, 5.74) is -4.22. The zero-order valence-corrected chi connectivity index (χ0v) is 78.8. The highest BCUT2D eigenvalue weighted by Gasteiger charge is 2.54. The fraction of sp³-hybridized carbons (Fsp3) is 0.349. The van der Waals surface area contributed by atoms with Crippen molar-refractivity contribution in [1.82, 2.24) is 60.8 Å². The van der Waals surface area contributed by atoms with E-state index in [2.05, 4.69) is 88.0 Å². The summed E-state index contributed by atoms with van der Waals surface area (Å²) in [5.74, 6) is -8.48. The molecule has 4 saturated heterocycles. The molecule has 0 radical (unpaired) electrons. The number of aliphatic imine (C=N–C) groups is 4. The lowest BCUT2D eigenvalue weighted by Gasteiger charge is -2.44. The lowest BCUT2D eigenvalue weighted by molar-refractivity contribution is -0.163. The number of nitrogens with zero attached hydrogens (tertiary/aromatic N) is 12. The molecule has 8 aliphatic heterocycles. The minimum Gasteiger partial charge on any atom is -0.481 e. The van der Waals surface area contributed by atoms with Gasteiger partial charge in [0, 0.05) is 178 Å². The Morgan fingerprint density at radius 2 is 0.634 bits per heavy atom. The van der Waals surface area contributed by atoms with Crippen LogP contribution in [-0.2, 0) is 57.3 Å². The van der Waals surface area contributed by atoms with Gasteiger partial charge in [0.2, 0.25) is 11.3 Å². The van der Waals surface area contributed by atoms with Crippen LogP contribution in [0.25, 0.3) is 0 Å². The van der Waals surface area contributed by atoms with Crippen LogP contribution in [0.2, 0.25) is 10.0 Å². The maximum Gasteiger partial charge on any atom is 0.344 e. The number of carbonyl (C=O) groups excluding carboxylic acids is 4. The van der Waals surface area contributed by atoms with Crippen LogP contribution in [0.15, 0.2) is 193 Å². The summed E-state index contributed by atoms with van der Waals surface area (Å²) in [4.78, 5) is 139. The van der Waals surface area contributed by atoms with Gasteiger partial charge in [-0.1, -0.05) is 79.3 Å². The summed E-state index contributed by atoms with van der Waals surface area (Å²) in [6.07, 6.45) is 5.24. The minimum atomic E-state index is -2.34. The largest absolute Gasteiger partial charge is 0.481 e. The highest BCUT2D eigenvalue weighted by atomic mass is 79.9. The molecule has 0 aliphatic carbocycles. The van der Waals surface area contributed by atoms with Crippen LogP contribution in [0.3, 0.4) is 0 Å². The molecule has 8 aromatic rings. The molecule has 8 N–H and O–H groups in total. The SMILES string of the molecule is CCOC(=O)C1=C(CN2CC(F)(C(=O)O)C2)NC(c2nccs2)=N[C@H]1c1ccc(F)cc1Br.CCOC(=O)C1=C(CN2CC(F)(C(=O)O)C2)NC(c2nccs2)=N[C@H]1c1ccc(F)cc1Cl.CCOC(=O)C1=C(CN2CC(F)(CC(=O)O)C2)NC(c2nccs2)=N[C@H]1c1ccc(F)cc1Br.CCOC(=O)C1=C(CN2CC(F)(CC(=O)O)C2)NC(c2nccs2)=N[C@H]1c1ccc(F)cc1Cl. The number of esters is 4. The van der Waals surface area contributed by atoms with E-state index in [0.29, 0.717) is 97.4 Å². The Morgan fingerprint density at radius 1 is 0.396 bits per heavy atom. The first-order chi connectivity index (χ1) is 63.8. The van der Waals surface area contributed by atoms with Crippen molar-refractivity contribution in [2.45, 2.75) is 87.4 Å². The van der Waals surface area contributed by atoms with Crippen molar-refractivity contribution in [3.63, 3.8) is 0 Å². The standard InChI is InChI=1S/C22H21BrF2N4O4S.C22H21ClF2N4O4S.C21H19BrF2N4O4S.C21H19ClF2N4O4S/c2*1-2-33-21(32)17-15(9-29-10-22(25,11-29)8-16(30)31)27-19(20-26-5-6-34-20)28-18(17)13-4-3-12(24)7-14(13)23;2*1-2-32-19(29)15-14(8-28-9-21(24,10-28)20(30)31)26-17(18-25-5-6-33-18)27-16(15)12-4-3-11(23)7-13(12)22/h2*3-7,18H,2,8-11H2,1H3,(H,27,28)(H,30,31);2*3-7,16H,2,8-10H2,1H3,(H,26,27)(H,30,31)/t2*18-;2*16-/m0000/s1. The number of rotatable bonds is 30. The maximum atomic E-state index is 14.6. The van der Waals surface area contributed by atoms with E-state index < -0.39 is 131 Å². The summed E-state index contributed by atoms with van der Waals surface area (Å²) in [6.45, 7) is 5.76. The molecule has 0 bridgehead atoms. The van der Waals surface area contributed by atoms with Crippen LogP contribution in [0, 0.1) is 23.3 Å². The van der Waals surface area contributed by atoms with Gasteiger partial charge in [0.15, 0.2) is 43.4 Å². The monoisotopic (exact) mass is 2100 g/mol. The average Bonchev–Trinajstić information content (AvgIpc) is 0.911. The van der Waals surface area contributed by atoms with Crippen LogP contribution >= 0.6 is 100 Å². The molecule has 32 nitrogen and oxygen atoms in total. The normalized spacial score (nSPS) is 19.9. The summed E-state index contributed by atoms with van der Waals surface area (Å²) < 4.78 is 135. The van der Waals surface area contributed by atoms with Gasteiger partial charge in [-0.2, -0.15) is 0 Å². The van der Waals surface area contributed by atoms with E-state index in [0.717, 1.165) is 12.1 Å². The fourth-order valence-electron chi connectivity index (χ4n) is 15.5. The van der Waals surface area contributed by atoms with E-state index >= 15 is 0 Å². The second kappa shape index (κ2) is 43.2. The topological polar surface area (TPSA) is 416 Å². The molecule has 0 saturated carbocycles. The Kier molecular flexibility index (Phi) is 32.3. The Bertz CT molecular complexity index is 5720. The number of carbonyl (C=O) groups is 8. The quantitative estimate of drug-likeness (QED) is 0.0118. The summed E-state index contributed by atoms with van der Waals surface area (Å²) in [7, 11) is 0. The lowest BCUT2D eigenvalue weighted by atomic mass is 9.91. The highest BCUT2D eigenvalue weighted by Crippen LogP contribution is 2.45. The Balaban J connectivity index is 0.000000152. The number of amidine groups is 4. The van der Waals surface area contributed by atoms with E-state index in [1.807, 2.05) is 0 Å². The van der Waals surface area contributed by atoms with Crippen molar-refractivity contribution < 1.29 is 113 Å². The molecule has 12 heterocycles. The molecule has 4 aromatic carbocycles. The van der Waals surface area contributed by atoms with Gasteiger partial charge in [0.1, 0.15) is 58.8 Å². The number of hydrogen-bond acceptors (Lipinski definition) is 32. The maximum absolute atomic E-state index is 14.6. The van der Waals surface area contributed by atoms with Crippen molar-refractivity contribution >= 4 is 172 Å². The van der Waals surface area contributed by atoms with Gasteiger partial charge in [0.05, 0.1) is 61.6 Å². The fourth-order valence-corrected chi connectivity index (χ4v) is 19.5. The molecule has 8 aliphatic rings. The van der Waals surface area contributed by atoms with E-state index in [1.54, 1.807) is 93.6 Å². The van der Waals surface area contributed by atoms with E-state index in [-0.39, 0.29) is 137 Å². The second-order valence-electron chi connectivity index (χ2n) is 31.0. The van der Waals surface area contributed by atoms with Gasteiger partial charge in [-0.3, -0.25) is 49.2 Å². The van der Waals surface area contributed by atoms with Crippen LogP contribution < -0.4 is 21.3 Å². The predicted octanol–water partition coefficient (Wildman–Crippen LogP) is 12.8. The van der Waals surface area contributed by atoms with Crippen molar-refractivity contribution in [2.75, 3.05) is 105 Å². The molecule has 16 rings (SSSR count). The van der Waals surface area contributed by atoms with Crippen molar-refractivity contribution in [3.05, 3.63) is 249 Å². The Labute approximate surface area is 800 Å². The molecule has 48 heteroatoms. The number of thiazole rings is 4. The number of alkyl halides is 4. The Morgan fingerprint density at radius 3 is 0.851 bits per heavy atom. The average molecular weight is 2100 g/mol. The van der Waals surface area contributed by atoms with Gasteiger partial charge in [-0.15, -0.1) is 45.3 Å². The van der Waals surface area contributed by atoms with Gasteiger partial charge < -0.3 is 60.6 Å². The Hall–Kier alpha value is -11.2. The third-order valence-corrected chi connectivity index (χ3v) is 26.4. The van der Waals surface area contributed by atoms with Crippen LogP contribution in [0.5, 0.6) is 0 Å². The number of carboxylic acid groups (broad SMARTS) is 4. The molecule has 134 heavy (non-hydrogen) atoms. The summed E-state index contributed by atoms with van der Waals surface area (Å²) >= 11 is 24.7. The van der Waals surface area contributed by atoms with Crippen LogP contribution in [0.4, 0.5) is 35.1 Å². The zero-order chi connectivity index (χ0) is 96.4. The molecule has 4 atom stereocenters. The molecule has 0 spiro atoms. The first-order valence-electron chi connectivity index (χ1n) is 40.8. The van der Waals surface area contributed by atoms with Crippen LogP contribution in [0.1, 0.15) is 107 Å². The number of carboxylic acids is 4. The number of nitrogens with one attached hydrogen (secondary N) is 4. The second-order valence-corrected chi connectivity index (χ2v) is 37.1. The lowest BCUT2D eigenvalue weighted by Crippen LogP contribution is -2.64. The van der Waals surface area contributed by atoms with E-state index in [1.165, 1.54) is 106 Å². The molecule has 0 amide bonds. The molecule has 4 fully saturated rings. The number of aliphatic carboxylic acids is 4. The van der Waals surface area contributed by atoms with Crippen molar-refractivity contribution in [1.29, 1.82) is 0 Å². The van der Waals surface area contributed by atoms with Gasteiger partial charge in [0.25, 0.3) is 0 Å². The molecular weight excluding hydrogens is 2020 g/mol. The number of likely N-dealkylation sites (tertiary alicyclic amines) is 4. The first kappa shape index (κ1) is 100. The summed E-state index contributed by atoms with van der Waals surface area (Å²) in [6, 6.07) is 12.2. The third-order valence-electron chi connectivity index (χ3n) is 21.2. The van der Waals surface area contributed by atoms with E-state index in [4.69, 9.17) is 67.6 Å². The molecule has 4 aromatic heterocycles. The molecular formula is C86H80Br2Cl2F8N16O16S4. The van der Waals surface area contributed by atoms with Gasteiger partial charge >= 0.3 is 47.8 Å². The minimum absolute atomic E-state index is 0.0345. The smallest absolute Gasteiger partial charge is 0.344 e. The predicted molar refractivity (Wildman–Crippen MR) is 485 cm³/mol. The number of aromatic nitrogens is 4. The van der Waals surface area contributed by atoms with Crippen LogP contribution in [-0.4, -0.2) is 259 Å². The van der Waals surface area contributed by atoms with E-state index in [9.17, 15) is 73.5 Å². The number of halogens is 12. The van der Waals surface area contributed by atoms with Crippen molar-refractivity contribution in [2.24, 2.45) is 20.0 Å². The number of benzene rings is 4. The third kappa shape index (κ3) is 23.7.